The molecular formula is C12H10N2O4S. The molecule has 0 saturated heterocycles. The number of sulfone groups is 1. The molecule has 2 rings (SSSR count). The Morgan fingerprint density at radius 2 is 1.84 bits per heavy atom. The molecule has 0 spiro atoms. The summed E-state index contributed by atoms with van der Waals surface area (Å²) < 4.78 is 24.4. The lowest BCUT2D eigenvalue weighted by Crippen LogP contribution is -2.08. The molecule has 0 saturated carbocycles. The van der Waals surface area contributed by atoms with Gasteiger partial charge in [0.15, 0.2) is 14.7 Å². The van der Waals surface area contributed by atoms with Gasteiger partial charge in [-0.25, -0.2) is 8.42 Å². The standard InChI is InChI=1S/C12H10N2O4S/c15-14(16)11-6-7-13-8-12(11)19(17,18)9-10-4-2-1-3-5-10/h1-8H,9H2. The molecule has 6 nitrogen and oxygen atoms in total. The van der Waals surface area contributed by atoms with Crippen molar-refractivity contribution < 1.29 is 13.3 Å². The third kappa shape index (κ3) is 2.94. The maximum absolute atomic E-state index is 12.2. The highest BCUT2D eigenvalue weighted by molar-refractivity contribution is 7.90. The Balaban J connectivity index is 2.43. The Hall–Kier alpha value is -2.28. The first-order valence-corrected chi connectivity index (χ1v) is 7.01. The number of pyridine rings is 1. The van der Waals surface area contributed by atoms with E-state index in [2.05, 4.69) is 4.98 Å². The van der Waals surface area contributed by atoms with Crippen molar-refractivity contribution in [1.82, 2.24) is 4.98 Å². The first kappa shape index (κ1) is 13.2. The second-order valence-electron chi connectivity index (χ2n) is 3.85. The van der Waals surface area contributed by atoms with Crippen LogP contribution >= 0.6 is 0 Å². The van der Waals surface area contributed by atoms with Crippen LogP contribution in [0.1, 0.15) is 5.56 Å². The monoisotopic (exact) mass is 278 g/mol. The van der Waals surface area contributed by atoms with E-state index in [1.54, 1.807) is 30.3 Å². The lowest BCUT2D eigenvalue weighted by atomic mass is 10.2. The molecule has 0 fully saturated rings. The molecule has 98 valence electrons. The van der Waals surface area contributed by atoms with Gasteiger partial charge in [-0.05, 0) is 5.56 Å². The smallest absolute Gasteiger partial charge is 0.263 e. The second kappa shape index (κ2) is 5.15. The lowest BCUT2D eigenvalue weighted by Gasteiger charge is -2.04. The van der Waals surface area contributed by atoms with E-state index < -0.39 is 20.4 Å². The summed E-state index contributed by atoms with van der Waals surface area (Å²) >= 11 is 0. The summed E-state index contributed by atoms with van der Waals surface area (Å²) in [6.45, 7) is 0. The van der Waals surface area contributed by atoms with Crippen LogP contribution in [-0.2, 0) is 15.6 Å². The van der Waals surface area contributed by atoms with Crippen molar-refractivity contribution in [2.45, 2.75) is 10.6 Å². The van der Waals surface area contributed by atoms with Crippen molar-refractivity contribution in [3.8, 4) is 0 Å². The summed E-state index contributed by atoms with van der Waals surface area (Å²) in [6.07, 6.45) is 2.20. The zero-order valence-corrected chi connectivity index (χ0v) is 10.6. The summed E-state index contributed by atoms with van der Waals surface area (Å²) in [6, 6.07) is 9.57. The van der Waals surface area contributed by atoms with Crippen molar-refractivity contribution in [2.24, 2.45) is 0 Å². The molecule has 0 atom stereocenters. The van der Waals surface area contributed by atoms with Gasteiger partial charge < -0.3 is 0 Å². The molecule has 0 aliphatic heterocycles. The molecule has 0 radical (unpaired) electrons. The lowest BCUT2D eigenvalue weighted by molar-refractivity contribution is -0.387. The van der Waals surface area contributed by atoms with Crippen molar-refractivity contribution in [3.63, 3.8) is 0 Å². The second-order valence-corrected chi connectivity index (χ2v) is 5.80. The van der Waals surface area contributed by atoms with Crippen LogP contribution in [0.4, 0.5) is 5.69 Å². The number of rotatable bonds is 4. The third-order valence-electron chi connectivity index (χ3n) is 2.49. The Morgan fingerprint density at radius 3 is 2.47 bits per heavy atom. The van der Waals surface area contributed by atoms with Gasteiger partial charge in [-0.3, -0.25) is 15.1 Å². The minimum Gasteiger partial charge on any atom is -0.263 e. The maximum atomic E-state index is 12.2. The average molecular weight is 278 g/mol. The van der Waals surface area contributed by atoms with E-state index in [9.17, 15) is 18.5 Å². The van der Waals surface area contributed by atoms with Gasteiger partial charge in [-0.1, -0.05) is 30.3 Å². The molecule has 0 unspecified atom stereocenters. The predicted octanol–water partition coefficient (Wildman–Crippen LogP) is 1.96. The van der Waals surface area contributed by atoms with Gasteiger partial charge >= 0.3 is 0 Å². The molecule has 1 heterocycles. The van der Waals surface area contributed by atoms with E-state index in [0.717, 1.165) is 12.3 Å². The maximum Gasteiger partial charge on any atom is 0.291 e. The molecule has 0 aliphatic carbocycles. The fourth-order valence-corrected chi connectivity index (χ4v) is 3.10. The highest BCUT2D eigenvalue weighted by Gasteiger charge is 2.25. The molecule has 0 bridgehead atoms. The van der Waals surface area contributed by atoms with Crippen LogP contribution in [0.15, 0.2) is 53.7 Å². The summed E-state index contributed by atoms with van der Waals surface area (Å²) in [5.74, 6) is -0.291. The summed E-state index contributed by atoms with van der Waals surface area (Å²) in [4.78, 5) is 13.4. The molecule has 2 aromatic rings. The number of hydrogen-bond acceptors (Lipinski definition) is 5. The number of hydrogen-bond donors (Lipinski definition) is 0. The molecule has 0 amide bonds. The largest absolute Gasteiger partial charge is 0.291 e. The zero-order chi connectivity index (χ0) is 13.9. The fourth-order valence-electron chi connectivity index (χ4n) is 1.63. The molecule has 0 N–H and O–H groups in total. The van der Waals surface area contributed by atoms with Crippen LogP contribution in [0.5, 0.6) is 0 Å². The van der Waals surface area contributed by atoms with Crippen LogP contribution in [0.2, 0.25) is 0 Å². The van der Waals surface area contributed by atoms with Gasteiger partial charge in [-0.15, -0.1) is 0 Å². The topological polar surface area (TPSA) is 90.2 Å². The van der Waals surface area contributed by atoms with Crippen LogP contribution in [-0.4, -0.2) is 18.3 Å². The van der Waals surface area contributed by atoms with Gasteiger partial charge in [0.2, 0.25) is 0 Å². The molecule has 19 heavy (non-hydrogen) atoms. The van der Waals surface area contributed by atoms with E-state index in [4.69, 9.17) is 0 Å². The van der Waals surface area contributed by atoms with E-state index in [0.29, 0.717) is 5.56 Å². The predicted molar refractivity (Wildman–Crippen MR) is 68.2 cm³/mol. The third-order valence-corrected chi connectivity index (χ3v) is 4.19. The number of aromatic nitrogens is 1. The van der Waals surface area contributed by atoms with Crippen LogP contribution < -0.4 is 0 Å². The van der Waals surface area contributed by atoms with E-state index in [1.165, 1.54) is 6.20 Å². The quantitative estimate of drug-likeness (QED) is 0.630. The first-order valence-electron chi connectivity index (χ1n) is 5.36. The summed E-state index contributed by atoms with van der Waals surface area (Å²) in [5.41, 5.74) is 0.117. The van der Waals surface area contributed by atoms with E-state index in [-0.39, 0.29) is 10.6 Å². The van der Waals surface area contributed by atoms with Crippen molar-refractivity contribution in [3.05, 3.63) is 64.5 Å². The van der Waals surface area contributed by atoms with Crippen molar-refractivity contribution in [2.75, 3.05) is 0 Å². The van der Waals surface area contributed by atoms with E-state index >= 15 is 0 Å². The van der Waals surface area contributed by atoms with Crippen LogP contribution in [0.25, 0.3) is 0 Å². The Kier molecular flexibility index (Phi) is 3.57. The Bertz CT molecular complexity index is 699. The normalized spacial score (nSPS) is 11.2. The van der Waals surface area contributed by atoms with E-state index in [1.807, 2.05) is 0 Å². The van der Waals surface area contributed by atoms with Crippen molar-refractivity contribution >= 4 is 15.5 Å². The Morgan fingerprint density at radius 1 is 1.16 bits per heavy atom. The first-order chi connectivity index (χ1) is 9.00. The van der Waals surface area contributed by atoms with Gasteiger partial charge in [0, 0.05) is 12.3 Å². The Labute approximate surface area is 109 Å². The summed E-state index contributed by atoms with van der Waals surface area (Å²) in [7, 11) is -3.79. The number of nitrogens with zero attached hydrogens (tertiary/aromatic N) is 2. The molecular weight excluding hydrogens is 268 g/mol. The fraction of sp³-hybridized carbons (Fsp3) is 0.0833. The zero-order valence-electron chi connectivity index (χ0n) is 9.76. The summed E-state index contributed by atoms with van der Waals surface area (Å²) in [5, 5.41) is 10.8. The minimum atomic E-state index is -3.79. The van der Waals surface area contributed by atoms with Crippen LogP contribution in [0.3, 0.4) is 0 Å². The molecule has 1 aromatic heterocycles. The molecule has 7 heteroatoms. The SMILES string of the molecule is O=[N+]([O-])c1ccncc1S(=O)(=O)Cc1ccccc1. The van der Waals surface area contributed by atoms with Gasteiger partial charge in [0.25, 0.3) is 5.69 Å². The van der Waals surface area contributed by atoms with Crippen molar-refractivity contribution in [1.29, 1.82) is 0 Å². The van der Waals surface area contributed by atoms with Gasteiger partial charge in [-0.2, -0.15) is 0 Å². The minimum absolute atomic E-state index is 0.291. The molecule has 1 aromatic carbocycles. The highest BCUT2D eigenvalue weighted by Crippen LogP contribution is 2.25. The number of nitro groups is 1. The highest BCUT2D eigenvalue weighted by atomic mass is 32.2. The molecule has 0 aliphatic rings. The van der Waals surface area contributed by atoms with Crippen LogP contribution in [0, 0.1) is 10.1 Å². The number of benzene rings is 1. The average Bonchev–Trinajstić information content (AvgIpc) is 2.39. The van der Waals surface area contributed by atoms with Gasteiger partial charge in [0.05, 0.1) is 16.9 Å². The van der Waals surface area contributed by atoms with Gasteiger partial charge in [0.1, 0.15) is 0 Å².